The van der Waals surface area contributed by atoms with Gasteiger partial charge in [-0.3, -0.25) is 4.79 Å². The molecule has 1 aromatic carbocycles. The van der Waals surface area contributed by atoms with Gasteiger partial charge in [0, 0.05) is 0 Å². The van der Waals surface area contributed by atoms with E-state index in [4.69, 9.17) is 5.11 Å². The van der Waals surface area contributed by atoms with Crippen molar-refractivity contribution in [1.82, 2.24) is 5.32 Å². The van der Waals surface area contributed by atoms with Gasteiger partial charge >= 0.3 is 12.6 Å². The first-order valence-electron chi connectivity index (χ1n) is 6.20. The minimum Gasteiger partial charge on any atom is -0.480 e. The Morgan fingerprint density at radius 1 is 1.24 bits per heavy atom. The van der Waals surface area contributed by atoms with Crippen molar-refractivity contribution in [2.45, 2.75) is 33.4 Å². The van der Waals surface area contributed by atoms with Gasteiger partial charge in [0.05, 0.1) is 5.56 Å². The lowest BCUT2D eigenvalue weighted by molar-refractivity contribution is -0.142. The van der Waals surface area contributed by atoms with Gasteiger partial charge in [0.2, 0.25) is 0 Å². The third kappa shape index (κ3) is 4.70. The lowest BCUT2D eigenvalue weighted by atomic mass is 9.86. The van der Waals surface area contributed by atoms with Gasteiger partial charge in [-0.15, -0.1) is 0 Å². The van der Waals surface area contributed by atoms with E-state index in [0.29, 0.717) is 0 Å². The lowest BCUT2D eigenvalue weighted by Gasteiger charge is -2.28. The average Bonchev–Trinajstić information content (AvgIpc) is 2.33. The molecule has 1 atom stereocenters. The highest BCUT2D eigenvalue weighted by molar-refractivity contribution is 5.99. The predicted molar refractivity (Wildman–Crippen MR) is 71.4 cm³/mol. The van der Waals surface area contributed by atoms with Crippen molar-refractivity contribution >= 4 is 11.9 Å². The van der Waals surface area contributed by atoms with Crippen LogP contribution in [0.15, 0.2) is 24.3 Å². The van der Waals surface area contributed by atoms with Gasteiger partial charge in [0.1, 0.15) is 11.8 Å². The van der Waals surface area contributed by atoms with Crippen molar-refractivity contribution in [3.8, 4) is 5.75 Å². The third-order valence-electron chi connectivity index (χ3n) is 2.74. The Hall–Kier alpha value is -2.18. The van der Waals surface area contributed by atoms with Crippen LogP contribution in [0.2, 0.25) is 0 Å². The summed E-state index contributed by atoms with van der Waals surface area (Å²) >= 11 is 0. The van der Waals surface area contributed by atoms with Gasteiger partial charge in [-0.1, -0.05) is 32.9 Å². The lowest BCUT2D eigenvalue weighted by Crippen LogP contribution is -2.49. The zero-order valence-electron chi connectivity index (χ0n) is 11.9. The smallest absolute Gasteiger partial charge is 0.387 e. The predicted octanol–water partition coefficient (Wildman–Crippen LogP) is 2.52. The van der Waals surface area contributed by atoms with Crippen molar-refractivity contribution < 1.29 is 28.2 Å². The summed E-state index contributed by atoms with van der Waals surface area (Å²) in [6.45, 7) is 1.87. The van der Waals surface area contributed by atoms with Crippen molar-refractivity contribution in [3.63, 3.8) is 0 Å². The van der Waals surface area contributed by atoms with Crippen LogP contribution in [0.1, 0.15) is 31.1 Å². The van der Waals surface area contributed by atoms with Crippen molar-refractivity contribution in [3.05, 3.63) is 29.8 Å². The highest BCUT2D eigenvalue weighted by Gasteiger charge is 2.33. The van der Waals surface area contributed by atoms with Gasteiger partial charge in [-0.25, -0.2) is 4.79 Å². The minimum absolute atomic E-state index is 0.145. The van der Waals surface area contributed by atoms with Gasteiger partial charge in [0.15, 0.2) is 0 Å². The molecule has 0 saturated heterocycles. The Morgan fingerprint density at radius 3 is 2.29 bits per heavy atom. The molecule has 0 radical (unpaired) electrons. The molecular weight excluding hydrogens is 284 g/mol. The van der Waals surface area contributed by atoms with E-state index in [1.54, 1.807) is 20.8 Å². The fourth-order valence-electron chi connectivity index (χ4n) is 1.71. The van der Waals surface area contributed by atoms with Crippen LogP contribution in [0.3, 0.4) is 0 Å². The highest BCUT2D eigenvalue weighted by Crippen LogP contribution is 2.23. The second-order valence-electron chi connectivity index (χ2n) is 5.49. The number of carbonyl (C=O) groups is 2. The molecule has 1 rings (SSSR count). The molecule has 1 aromatic rings. The van der Waals surface area contributed by atoms with E-state index in [1.165, 1.54) is 24.3 Å². The summed E-state index contributed by atoms with van der Waals surface area (Å²) in [7, 11) is 0. The zero-order chi connectivity index (χ0) is 16.2. The monoisotopic (exact) mass is 301 g/mol. The van der Waals surface area contributed by atoms with E-state index in [0.717, 1.165) is 0 Å². The Morgan fingerprint density at radius 2 is 1.81 bits per heavy atom. The number of amides is 1. The molecule has 0 saturated carbocycles. The Balaban J connectivity index is 3.01. The minimum atomic E-state index is -3.07. The van der Waals surface area contributed by atoms with Gasteiger partial charge in [0.25, 0.3) is 5.91 Å². The van der Waals surface area contributed by atoms with Crippen LogP contribution in [-0.4, -0.2) is 29.6 Å². The van der Waals surface area contributed by atoms with Gasteiger partial charge in [-0.05, 0) is 17.5 Å². The number of ether oxygens (including phenoxy) is 1. The number of hydrogen-bond donors (Lipinski definition) is 2. The average molecular weight is 301 g/mol. The van der Waals surface area contributed by atoms with E-state index in [1.807, 2.05) is 0 Å². The molecule has 0 spiro atoms. The number of alkyl halides is 2. The number of aliphatic carboxylic acids is 1. The summed E-state index contributed by atoms with van der Waals surface area (Å²) < 4.78 is 28.8. The van der Waals surface area contributed by atoms with E-state index < -0.39 is 29.9 Å². The molecule has 1 amide bonds. The fourth-order valence-corrected chi connectivity index (χ4v) is 1.71. The number of carboxylic acid groups (broad SMARTS) is 1. The molecule has 7 heteroatoms. The number of benzene rings is 1. The second kappa shape index (κ2) is 6.51. The summed E-state index contributed by atoms with van der Waals surface area (Å²) in [4.78, 5) is 23.3. The molecule has 21 heavy (non-hydrogen) atoms. The summed E-state index contributed by atoms with van der Waals surface area (Å²) in [6.07, 6.45) is 0. The molecule has 5 nitrogen and oxygen atoms in total. The molecule has 0 aliphatic rings. The van der Waals surface area contributed by atoms with Crippen LogP contribution >= 0.6 is 0 Å². The van der Waals surface area contributed by atoms with Crippen LogP contribution in [0.5, 0.6) is 5.75 Å². The normalized spacial score (nSPS) is 12.9. The van der Waals surface area contributed by atoms with E-state index in [9.17, 15) is 18.4 Å². The summed E-state index contributed by atoms with van der Waals surface area (Å²) in [5.41, 5.74) is -0.881. The van der Waals surface area contributed by atoms with Crippen molar-refractivity contribution in [2.24, 2.45) is 5.41 Å². The van der Waals surface area contributed by atoms with Crippen LogP contribution in [0.25, 0.3) is 0 Å². The molecule has 0 heterocycles. The van der Waals surface area contributed by atoms with Crippen LogP contribution in [-0.2, 0) is 4.79 Å². The maximum Gasteiger partial charge on any atom is 0.387 e. The standard InChI is InChI=1S/C14H17F2NO4/c1-14(2,3)10(12(19)20)17-11(18)8-6-4-5-7-9(8)21-13(15)16/h4-7,10,13H,1-3H3,(H,17,18)(H,19,20)/t10-/m0/s1. The SMILES string of the molecule is CC(C)(C)[C@@H](NC(=O)c1ccccc1OC(F)F)C(=O)O. The number of nitrogens with one attached hydrogen (secondary N) is 1. The quantitative estimate of drug-likeness (QED) is 0.876. The van der Waals surface area contributed by atoms with Crippen molar-refractivity contribution in [2.75, 3.05) is 0 Å². The van der Waals surface area contributed by atoms with Crippen LogP contribution < -0.4 is 10.1 Å². The van der Waals surface area contributed by atoms with Crippen LogP contribution in [0.4, 0.5) is 8.78 Å². The molecule has 0 bridgehead atoms. The van der Waals surface area contributed by atoms with Crippen LogP contribution in [0, 0.1) is 5.41 Å². The number of hydrogen-bond acceptors (Lipinski definition) is 3. The van der Waals surface area contributed by atoms with Gasteiger partial charge < -0.3 is 15.2 Å². The number of halogens is 2. The summed E-state index contributed by atoms with van der Waals surface area (Å²) in [5.74, 6) is -2.29. The van der Waals surface area contributed by atoms with Gasteiger partial charge in [-0.2, -0.15) is 8.78 Å². The second-order valence-corrected chi connectivity index (χ2v) is 5.49. The first-order valence-corrected chi connectivity index (χ1v) is 6.20. The van der Waals surface area contributed by atoms with Crippen molar-refractivity contribution in [1.29, 1.82) is 0 Å². The zero-order valence-corrected chi connectivity index (χ0v) is 11.9. The first kappa shape index (κ1) is 16.9. The van der Waals surface area contributed by atoms with E-state index in [-0.39, 0.29) is 11.3 Å². The molecule has 0 aliphatic carbocycles. The largest absolute Gasteiger partial charge is 0.480 e. The maximum atomic E-state index is 12.3. The molecule has 116 valence electrons. The maximum absolute atomic E-state index is 12.3. The molecule has 0 unspecified atom stereocenters. The molecule has 0 aliphatic heterocycles. The highest BCUT2D eigenvalue weighted by atomic mass is 19.3. The Kier molecular flexibility index (Phi) is 5.23. The summed E-state index contributed by atoms with van der Waals surface area (Å²) in [6, 6.07) is 4.25. The number of rotatable bonds is 5. The third-order valence-corrected chi connectivity index (χ3v) is 2.74. The Labute approximate surface area is 120 Å². The fraction of sp³-hybridized carbons (Fsp3) is 0.429. The number of carbonyl (C=O) groups excluding carboxylic acids is 1. The topological polar surface area (TPSA) is 75.6 Å². The Bertz CT molecular complexity index is 526. The molecule has 0 fully saturated rings. The van der Waals surface area contributed by atoms with E-state index in [2.05, 4.69) is 10.1 Å². The summed E-state index contributed by atoms with van der Waals surface area (Å²) in [5, 5.41) is 11.5. The van der Waals surface area contributed by atoms with E-state index >= 15 is 0 Å². The molecular formula is C14H17F2NO4. The molecule has 2 N–H and O–H groups in total. The molecule has 0 aromatic heterocycles. The number of para-hydroxylation sites is 1. The number of carboxylic acids is 1. The first-order chi connectivity index (χ1) is 9.62.